The van der Waals surface area contributed by atoms with Gasteiger partial charge in [-0.2, -0.15) is 0 Å². The van der Waals surface area contributed by atoms with E-state index in [9.17, 15) is 14.7 Å². The lowest BCUT2D eigenvalue weighted by Gasteiger charge is -2.28. The van der Waals surface area contributed by atoms with Crippen LogP contribution in [0.5, 0.6) is 5.75 Å². The van der Waals surface area contributed by atoms with Gasteiger partial charge in [-0.15, -0.1) is 0 Å². The third-order valence-electron chi connectivity index (χ3n) is 7.20. The molecule has 1 aliphatic carbocycles. The molecule has 2 aromatic heterocycles. The maximum absolute atomic E-state index is 13.4. The lowest BCUT2D eigenvalue weighted by atomic mass is 9.87. The van der Waals surface area contributed by atoms with Crippen molar-refractivity contribution in [1.82, 2.24) is 19.8 Å². The second-order valence-electron chi connectivity index (χ2n) is 9.33. The molecule has 0 spiro atoms. The molecule has 0 aromatic carbocycles. The summed E-state index contributed by atoms with van der Waals surface area (Å²) in [5, 5.41) is 14.2. The second-order valence-corrected chi connectivity index (χ2v) is 9.33. The number of hydrogen-bond acceptors (Lipinski definition) is 6. The lowest BCUT2D eigenvalue weighted by molar-refractivity contribution is 0.0294. The Kier molecular flexibility index (Phi) is 5.44. The van der Waals surface area contributed by atoms with E-state index >= 15 is 0 Å². The Morgan fingerprint density at radius 2 is 2.10 bits per heavy atom. The van der Waals surface area contributed by atoms with Gasteiger partial charge in [0, 0.05) is 37.9 Å². The van der Waals surface area contributed by atoms with Crippen molar-refractivity contribution < 1.29 is 14.6 Å². The van der Waals surface area contributed by atoms with Crippen molar-refractivity contribution in [2.45, 2.75) is 63.8 Å². The molecule has 8 heteroatoms. The number of carbonyl (C=O) groups is 1. The zero-order valence-corrected chi connectivity index (χ0v) is 17.9. The number of aromatic hydroxyl groups is 1. The Morgan fingerprint density at radius 3 is 2.81 bits per heavy atom. The van der Waals surface area contributed by atoms with Gasteiger partial charge in [-0.05, 0) is 50.2 Å². The first-order chi connectivity index (χ1) is 15.0. The molecule has 1 saturated carbocycles. The van der Waals surface area contributed by atoms with Crippen molar-refractivity contribution in [2.24, 2.45) is 5.92 Å². The minimum absolute atomic E-state index is 0.0423. The van der Waals surface area contributed by atoms with Gasteiger partial charge in [0.1, 0.15) is 17.0 Å². The smallest absolute Gasteiger partial charge is 0.268 e. The average molecular weight is 427 g/mol. The highest BCUT2D eigenvalue weighted by molar-refractivity contribution is 6.01. The lowest BCUT2D eigenvalue weighted by Crippen LogP contribution is -2.42. The number of nitrogens with one attached hydrogen (secondary N) is 1. The van der Waals surface area contributed by atoms with Crippen LogP contribution in [0.3, 0.4) is 0 Å². The maximum atomic E-state index is 13.4. The molecule has 2 bridgehead atoms. The number of carbonyl (C=O) groups excluding carboxylic acids is 1. The highest BCUT2D eigenvalue weighted by Crippen LogP contribution is 2.29. The van der Waals surface area contributed by atoms with Gasteiger partial charge in [0.2, 0.25) is 0 Å². The molecule has 31 heavy (non-hydrogen) atoms. The maximum Gasteiger partial charge on any atom is 0.268 e. The van der Waals surface area contributed by atoms with Crippen molar-refractivity contribution in [1.29, 1.82) is 0 Å². The van der Waals surface area contributed by atoms with Gasteiger partial charge in [0.25, 0.3) is 11.5 Å². The van der Waals surface area contributed by atoms with Crippen molar-refractivity contribution in [3.05, 3.63) is 34.2 Å². The molecule has 2 aromatic rings. The minimum atomic E-state index is -0.491. The molecule has 2 N–H and O–H groups in total. The molecule has 2 saturated heterocycles. The van der Waals surface area contributed by atoms with Crippen LogP contribution in [0.2, 0.25) is 0 Å². The number of nitrogens with zero attached hydrogens (tertiary/aromatic N) is 3. The number of rotatable bonds is 5. The molecular weight excluding hydrogens is 396 g/mol. The fourth-order valence-electron chi connectivity index (χ4n) is 5.32. The summed E-state index contributed by atoms with van der Waals surface area (Å²) in [5.74, 6) is -0.105. The molecule has 2 atom stereocenters. The summed E-state index contributed by atoms with van der Waals surface area (Å²) in [6.07, 6.45) is 6.85. The number of morpholine rings is 1. The number of ether oxygens (including phenoxy) is 1. The molecule has 8 nitrogen and oxygen atoms in total. The van der Waals surface area contributed by atoms with Crippen LogP contribution in [-0.2, 0) is 11.3 Å². The summed E-state index contributed by atoms with van der Waals surface area (Å²) in [7, 11) is 0. The number of pyridine rings is 2. The normalized spacial score (nSPS) is 28.3. The Hall–Kier alpha value is -2.45. The average Bonchev–Trinajstić information content (AvgIpc) is 3.39. The zero-order chi connectivity index (χ0) is 21.5. The molecular formula is C23H30N4O4. The van der Waals surface area contributed by atoms with E-state index < -0.39 is 11.5 Å². The van der Waals surface area contributed by atoms with E-state index in [1.807, 2.05) is 0 Å². The Labute approximate surface area is 181 Å². The predicted octanol–water partition coefficient (Wildman–Crippen LogP) is 1.88. The highest BCUT2D eigenvalue weighted by atomic mass is 16.5. The fraction of sp³-hybridized carbons (Fsp3) is 0.609. The summed E-state index contributed by atoms with van der Waals surface area (Å²) >= 11 is 0. The van der Waals surface area contributed by atoms with Crippen molar-refractivity contribution >= 4 is 16.9 Å². The van der Waals surface area contributed by atoms with Crippen LogP contribution in [-0.4, -0.2) is 63.3 Å². The minimum Gasteiger partial charge on any atom is -0.506 e. The van der Waals surface area contributed by atoms with Crippen LogP contribution in [0.1, 0.15) is 49.4 Å². The number of hydrogen-bond donors (Lipinski definition) is 2. The Morgan fingerprint density at radius 1 is 1.29 bits per heavy atom. The summed E-state index contributed by atoms with van der Waals surface area (Å²) in [6.45, 7) is 4.93. The number of fused-ring (bicyclic) bond motifs is 3. The monoisotopic (exact) mass is 426 g/mol. The first kappa shape index (κ1) is 20.5. The molecule has 0 unspecified atom stereocenters. The van der Waals surface area contributed by atoms with Crippen LogP contribution in [0.4, 0.5) is 0 Å². The molecule has 3 aliphatic rings. The Bertz CT molecular complexity index is 1040. The van der Waals surface area contributed by atoms with Gasteiger partial charge < -0.3 is 15.2 Å². The van der Waals surface area contributed by atoms with Crippen LogP contribution in [0.15, 0.2) is 23.1 Å². The molecule has 2 aliphatic heterocycles. The van der Waals surface area contributed by atoms with Gasteiger partial charge in [-0.25, -0.2) is 4.98 Å². The second kappa shape index (κ2) is 8.24. The van der Waals surface area contributed by atoms with Crippen LogP contribution >= 0.6 is 0 Å². The van der Waals surface area contributed by atoms with Gasteiger partial charge in [-0.3, -0.25) is 19.1 Å². The molecule has 4 heterocycles. The van der Waals surface area contributed by atoms with E-state index in [0.29, 0.717) is 36.1 Å². The standard InChI is InChI=1S/C23H30N4O4/c1-14-4-6-15(7-5-14)25-22(29)19-20(28)18-3-2-8-24-21(18)27(23(19)30)10-9-26-12-17-11-16(26)13-31-17/h2-3,8,14-17,28H,4-7,9-13H2,1H3,(H,25,29)/t14?,15?,16-,17-/m0/s1. The summed E-state index contributed by atoms with van der Waals surface area (Å²) in [5.41, 5.74) is -0.245. The summed E-state index contributed by atoms with van der Waals surface area (Å²) in [6, 6.07) is 3.85. The largest absolute Gasteiger partial charge is 0.506 e. The first-order valence-corrected chi connectivity index (χ1v) is 11.4. The summed E-state index contributed by atoms with van der Waals surface area (Å²) in [4.78, 5) is 33.1. The molecule has 0 radical (unpaired) electrons. The fourth-order valence-corrected chi connectivity index (χ4v) is 5.32. The Balaban J connectivity index is 1.44. The van der Waals surface area contributed by atoms with Crippen LogP contribution < -0.4 is 10.9 Å². The van der Waals surface area contributed by atoms with Gasteiger partial charge >= 0.3 is 0 Å². The van der Waals surface area contributed by atoms with E-state index in [1.54, 1.807) is 22.9 Å². The third kappa shape index (κ3) is 3.83. The van der Waals surface area contributed by atoms with Crippen molar-refractivity contribution in [3.63, 3.8) is 0 Å². The van der Waals surface area contributed by atoms with E-state index in [2.05, 4.69) is 22.1 Å². The van der Waals surface area contributed by atoms with Crippen molar-refractivity contribution in [2.75, 3.05) is 19.7 Å². The molecule has 166 valence electrons. The van der Waals surface area contributed by atoms with E-state index in [0.717, 1.165) is 45.3 Å². The first-order valence-electron chi connectivity index (χ1n) is 11.4. The van der Waals surface area contributed by atoms with Crippen LogP contribution in [0.25, 0.3) is 11.0 Å². The number of aromatic nitrogens is 2. The van der Waals surface area contributed by atoms with Gasteiger partial charge in [0.05, 0.1) is 18.1 Å². The SMILES string of the molecule is CC1CCC(NC(=O)c2c(O)c3cccnc3n(CCN3C[C@@H]4C[C@H]3CO4)c2=O)CC1. The molecule has 1 amide bonds. The van der Waals surface area contributed by atoms with Crippen LogP contribution in [0, 0.1) is 5.92 Å². The van der Waals surface area contributed by atoms with Crippen molar-refractivity contribution in [3.8, 4) is 5.75 Å². The van der Waals surface area contributed by atoms with E-state index in [1.165, 1.54) is 0 Å². The zero-order valence-electron chi connectivity index (χ0n) is 17.9. The molecule has 3 fully saturated rings. The number of likely N-dealkylation sites (tertiary alicyclic amines) is 1. The summed E-state index contributed by atoms with van der Waals surface area (Å²) < 4.78 is 7.21. The van der Waals surface area contributed by atoms with Gasteiger partial charge in [-0.1, -0.05) is 6.92 Å². The highest BCUT2D eigenvalue weighted by Gasteiger charge is 2.38. The third-order valence-corrected chi connectivity index (χ3v) is 7.20. The van der Waals surface area contributed by atoms with E-state index in [-0.39, 0.29) is 23.5 Å². The quantitative estimate of drug-likeness (QED) is 0.758. The van der Waals surface area contributed by atoms with Gasteiger partial charge in [0.15, 0.2) is 0 Å². The molecule has 5 rings (SSSR count). The number of amides is 1. The topological polar surface area (TPSA) is 96.7 Å². The predicted molar refractivity (Wildman–Crippen MR) is 116 cm³/mol. The van der Waals surface area contributed by atoms with E-state index in [4.69, 9.17) is 4.74 Å².